The summed E-state index contributed by atoms with van der Waals surface area (Å²) in [5.74, 6) is 0.617. The number of nitrogens with one attached hydrogen (secondary N) is 1. The molecule has 6 nitrogen and oxygen atoms in total. The zero-order valence-electron chi connectivity index (χ0n) is 13.0. The Morgan fingerprint density at radius 1 is 1.32 bits per heavy atom. The minimum atomic E-state index is -3.06. The summed E-state index contributed by atoms with van der Waals surface area (Å²) in [7, 11) is 0.0568. The lowest BCUT2D eigenvalue weighted by Crippen LogP contribution is -2.33. The number of sulfone groups is 1. The molecule has 0 aromatic heterocycles. The molecule has 1 fully saturated rings. The molecule has 0 saturated carbocycles. The van der Waals surface area contributed by atoms with Gasteiger partial charge in [0, 0.05) is 11.6 Å². The van der Waals surface area contributed by atoms with E-state index in [1.54, 1.807) is 26.4 Å². The quantitative estimate of drug-likeness (QED) is 0.882. The molecule has 1 aromatic rings. The summed E-state index contributed by atoms with van der Waals surface area (Å²) in [4.78, 5) is 12.2. The van der Waals surface area contributed by atoms with Crippen LogP contribution < -0.4 is 14.8 Å². The molecule has 0 bridgehead atoms. The fraction of sp³-hybridized carbons (Fsp3) is 0.533. The highest BCUT2D eigenvalue weighted by Crippen LogP contribution is 2.30. The van der Waals surface area contributed by atoms with Crippen molar-refractivity contribution in [2.75, 3.05) is 25.7 Å². The number of ether oxygens (including phenoxy) is 2. The summed E-state index contributed by atoms with van der Waals surface area (Å²) in [5.41, 5.74) is 0.817. The van der Waals surface area contributed by atoms with Gasteiger partial charge in [0.15, 0.2) is 9.84 Å². The standard InChI is InChI=1S/C15H21NO5S/c1-10(13-5-4-12(20-2)8-14(13)21-3)16-15(17)11-6-7-22(18,19)9-11/h4-5,8,10-11H,6-7,9H2,1-3H3,(H,16,17)/t10-,11-/m1/s1. The first-order valence-electron chi connectivity index (χ1n) is 7.09. The third-order valence-corrected chi connectivity index (χ3v) is 5.64. The number of methoxy groups -OCH3 is 2. The molecule has 1 N–H and O–H groups in total. The van der Waals surface area contributed by atoms with E-state index >= 15 is 0 Å². The van der Waals surface area contributed by atoms with Gasteiger partial charge in [0.2, 0.25) is 5.91 Å². The minimum absolute atomic E-state index is 0.0642. The van der Waals surface area contributed by atoms with Crippen molar-refractivity contribution in [3.63, 3.8) is 0 Å². The molecule has 1 saturated heterocycles. The molecule has 1 amide bonds. The second-order valence-corrected chi connectivity index (χ2v) is 7.67. The highest BCUT2D eigenvalue weighted by molar-refractivity contribution is 7.91. The maximum atomic E-state index is 12.2. The van der Waals surface area contributed by atoms with Gasteiger partial charge in [-0.1, -0.05) is 0 Å². The molecule has 1 aromatic carbocycles. The van der Waals surface area contributed by atoms with Gasteiger partial charge in [0.05, 0.1) is 37.7 Å². The maximum Gasteiger partial charge on any atom is 0.224 e. The van der Waals surface area contributed by atoms with Crippen molar-refractivity contribution in [3.8, 4) is 11.5 Å². The van der Waals surface area contributed by atoms with Crippen molar-refractivity contribution < 1.29 is 22.7 Å². The highest BCUT2D eigenvalue weighted by atomic mass is 32.2. The second kappa shape index (κ2) is 6.56. The minimum Gasteiger partial charge on any atom is -0.497 e. The Kier molecular flexibility index (Phi) is 4.95. The lowest BCUT2D eigenvalue weighted by molar-refractivity contribution is -0.124. The molecular weight excluding hydrogens is 306 g/mol. The summed E-state index contributed by atoms with van der Waals surface area (Å²) in [6.45, 7) is 1.84. The lowest BCUT2D eigenvalue weighted by Gasteiger charge is -2.19. The van der Waals surface area contributed by atoms with Gasteiger partial charge in [-0.15, -0.1) is 0 Å². The first-order valence-corrected chi connectivity index (χ1v) is 8.91. The predicted octanol–water partition coefficient (Wildman–Crippen LogP) is 1.32. The molecule has 1 aliphatic heterocycles. The smallest absolute Gasteiger partial charge is 0.224 e. The lowest BCUT2D eigenvalue weighted by atomic mass is 10.0. The van der Waals surface area contributed by atoms with Gasteiger partial charge >= 0.3 is 0 Å². The van der Waals surface area contributed by atoms with Crippen molar-refractivity contribution in [1.82, 2.24) is 5.32 Å². The number of rotatable bonds is 5. The Morgan fingerprint density at radius 3 is 2.59 bits per heavy atom. The van der Waals surface area contributed by atoms with Crippen molar-refractivity contribution in [1.29, 1.82) is 0 Å². The van der Waals surface area contributed by atoms with Crippen LogP contribution in [0, 0.1) is 5.92 Å². The molecule has 0 radical (unpaired) electrons. The van der Waals surface area contributed by atoms with E-state index in [0.717, 1.165) is 5.56 Å². The third kappa shape index (κ3) is 3.71. The topological polar surface area (TPSA) is 81.7 Å². The van der Waals surface area contributed by atoms with Crippen molar-refractivity contribution in [3.05, 3.63) is 23.8 Å². The summed E-state index contributed by atoms with van der Waals surface area (Å²) in [6.07, 6.45) is 0.390. The second-order valence-electron chi connectivity index (χ2n) is 5.44. The summed E-state index contributed by atoms with van der Waals surface area (Å²) in [5, 5.41) is 2.86. The molecule has 1 aliphatic rings. The van der Waals surface area contributed by atoms with Crippen LogP contribution in [0.1, 0.15) is 24.9 Å². The maximum absolute atomic E-state index is 12.2. The normalized spacial score (nSPS) is 21.1. The van der Waals surface area contributed by atoms with Gasteiger partial charge in [0.1, 0.15) is 11.5 Å². The van der Waals surface area contributed by atoms with Crippen LogP contribution in [0.4, 0.5) is 0 Å². The van der Waals surface area contributed by atoms with E-state index in [9.17, 15) is 13.2 Å². The molecule has 2 rings (SSSR count). The predicted molar refractivity (Wildman–Crippen MR) is 82.9 cm³/mol. The SMILES string of the molecule is COc1ccc([C@@H](C)NC(=O)[C@@H]2CCS(=O)(=O)C2)c(OC)c1. The number of amides is 1. The fourth-order valence-electron chi connectivity index (χ4n) is 2.59. The number of carbonyl (C=O) groups excluding carboxylic acids is 1. The van der Waals surface area contributed by atoms with Crippen LogP contribution in [0.3, 0.4) is 0 Å². The molecule has 2 atom stereocenters. The summed E-state index contributed by atoms with van der Waals surface area (Å²) < 4.78 is 33.4. The van der Waals surface area contributed by atoms with Crippen LogP contribution in [0.2, 0.25) is 0 Å². The van der Waals surface area contributed by atoms with E-state index in [4.69, 9.17) is 9.47 Å². The van der Waals surface area contributed by atoms with Gasteiger partial charge < -0.3 is 14.8 Å². The molecule has 0 aliphatic carbocycles. The van der Waals surface area contributed by atoms with E-state index in [0.29, 0.717) is 17.9 Å². The number of benzene rings is 1. The van der Waals surface area contributed by atoms with E-state index < -0.39 is 15.8 Å². The van der Waals surface area contributed by atoms with Gasteiger partial charge in [-0.05, 0) is 25.5 Å². The third-order valence-electron chi connectivity index (χ3n) is 3.87. The Morgan fingerprint density at radius 2 is 2.05 bits per heavy atom. The molecular formula is C15H21NO5S. The highest BCUT2D eigenvalue weighted by Gasteiger charge is 2.33. The van der Waals surface area contributed by atoms with Crippen LogP contribution in [-0.2, 0) is 14.6 Å². The van der Waals surface area contributed by atoms with Crippen LogP contribution >= 0.6 is 0 Å². The van der Waals surface area contributed by atoms with Gasteiger partial charge in [-0.3, -0.25) is 4.79 Å². The average Bonchev–Trinajstić information content (AvgIpc) is 2.86. The average molecular weight is 327 g/mol. The first kappa shape index (κ1) is 16.6. The molecule has 0 spiro atoms. The zero-order valence-corrected chi connectivity index (χ0v) is 13.8. The monoisotopic (exact) mass is 327 g/mol. The van der Waals surface area contributed by atoms with E-state index in [-0.39, 0.29) is 23.5 Å². The van der Waals surface area contributed by atoms with Crippen LogP contribution in [0.15, 0.2) is 18.2 Å². The van der Waals surface area contributed by atoms with Crippen LogP contribution in [0.5, 0.6) is 11.5 Å². The van der Waals surface area contributed by atoms with E-state index in [2.05, 4.69) is 5.32 Å². The Hall–Kier alpha value is -1.76. The largest absolute Gasteiger partial charge is 0.497 e. The van der Waals surface area contributed by atoms with E-state index in [1.165, 1.54) is 0 Å². The molecule has 122 valence electrons. The summed E-state index contributed by atoms with van der Waals surface area (Å²) >= 11 is 0. The Balaban J connectivity index is 2.09. The van der Waals surface area contributed by atoms with Crippen molar-refractivity contribution in [2.24, 2.45) is 5.92 Å². The van der Waals surface area contributed by atoms with Crippen LogP contribution in [0.25, 0.3) is 0 Å². The van der Waals surface area contributed by atoms with E-state index in [1.807, 2.05) is 13.0 Å². The molecule has 7 heteroatoms. The number of carbonyl (C=O) groups is 1. The Labute approximate surface area is 130 Å². The number of hydrogen-bond donors (Lipinski definition) is 1. The molecule has 0 unspecified atom stereocenters. The Bertz CT molecular complexity index is 656. The van der Waals surface area contributed by atoms with Crippen molar-refractivity contribution in [2.45, 2.75) is 19.4 Å². The number of hydrogen-bond acceptors (Lipinski definition) is 5. The van der Waals surface area contributed by atoms with Gasteiger partial charge in [0.25, 0.3) is 0 Å². The molecule has 1 heterocycles. The fourth-order valence-corrected chi connectivity index (χ4v) is 4.33. The first-order chi connectivity index (χ1) is 10.4. The van der Waals surface area contributed by atoms with Gasteiger partial charge in [-0.25, -0.2) is 8.42 Å². The molecule has 22 heavy (non-hydrogen) atoms. The van der Waals surface area contributed by atoms with Crippen molar-refractivity contribution >= 4 is 15.7 Å². The zero-order chi connectivity index (χ0) is 16.3. The van der Waals surface area contributed by atoms with Crippen LogP contribution in [-0.4, -0.2) is 40.1 Å². The van der Waals surface area contributed by atoms with Gasteiger partial charge in [-0.2, -0.15) is 0 Å². The summed E-state index contributed by atoms with van der Waals surface area (Å²) in [6, 6.07) is 5.09.